The fourth-order valence-corrected chi connectivity index (χ4v) is 2.60. The summed E-state index contributed by atoms with van der Waals surface area (Å²) in [5.74, 6) is 0.608. The molecule has 2 heterocycles. The molecule has 1 atom stereocenters. The van der Waals surface area contributed by atoms with E-state index in [2.05, 4.69) is 58.7 Å². The van der Waals surface area contributed by atoms with Crippen LogP contribution in [0.5, 0.6) is 0 Å². The summed E-state index contributed by atoms with van der Waals surface area (Å²) in [6, 6.07) is 2.69. The highest BCUT2D eigenvalue weighted by atomic mass is 15.0. The molecule has 0 amide bonds. The van der Waals surface area contributed by atoms with E-state index in [-0.39, 0.29) is 0 Å². The molecule has 0 aliphatic rings. The Labute approximate surface area is 121 Å². The number of rotatable bonds is 8. The molecule has 0 saturated heterocycles. The molecule has 0 spiro atoms. The summed E-state index contributed by atoms with van der Waals surface area (Å²) in [6.07, 6.45) is 11.3. The minimum absolute atomic E-state index is 0.454. The standard InChI is InChI=1S/C16H26N4/c1-4-18-16(14(2)3)15-6-10-19(12-15)8-5-9-20-11-7-17-13-20/h6-7,10-14,16,18H,4-5,8-9H2,1-3H3. The largest absolute Gasteiger partial charge is 0.354 e. The fourth-order valence-electron chi connectivity index (χ4n) is 2.60. The maximum Gasteiger partial charge on any atom is 0.0945 e. The molecule has 2 rings (SSSR count). The zero-order chi connectivity index (χ0) is 14.4. The Balaban J connectivity index is 1.87. The number of aromatic nitrogens is 3. The molecule has 2 aromatic rings. The number of hydrogen-bond acceptors (Lipinski definition) is 2. The maximum atomic E-state index is 4.06. The average molecular weight is 274 g/mol. The first-order valence-electron chi connectivity index (χ1n) is 7.55. The molecule has 0 aliphatic carbocycles. The van der Waals surface area contributed by atoms with Crippen LogP contribution in [0.15, 0.2) is 37.2 Å². The van der Waals surface area contributed by atoms with E-state index in [0.29, 0.717) is 12.0 Å². The van der Waals surface area contributed by atoms with Gasteiger partial charge < -0.3 is 14.5 Å². The summed E-state index contributed by atoms with van der Waals surface area (Å²) in [5.41, 5.74) is 1.39. The topological polar surface area (TPSA) is 34.8 Å². The van der Waals surface area contributed by atoms with Crippen LogP contribution in [0.25, 0.3) is 0 Å². The van der Waals surface area contributed by atoms with Crippen LogP contribution < -0.4 is 5.32 Å². The van der Waals surface area contributed by atoms with E-state index >= 15 is 0 Å². The molecule has 0 radical (unpaired) electrons. The van der Waals surface area contributed by atoms with E-state index < -0.39 is 0 Å². The second kappa shape index (κ2) is 7.29. The Morgan fingerprint density at radius 2 is 2.00 bits per heavy atom. The van der Waals surface area contributed by atoms with Gasteiger partial charge in [0.15, 0.2) is 0 Å². The third kappa shape index (κ3) is 3.97. The normalized spacial score (nSPS) is 13.0. The maximum absolute atomic E-state index is 4.06. The Kier molecular flexibility index (Phi) is 5.41. The molecule has 1 N–H and O–H groups in total. The predicted octanol–water partition coefficient (Wildman–Crippen LogP) is 3.08. The Morgan fingerprint density at radius 3 is 2.65 bits per heavy atom. The molecular weight excluding hydrogens is 248 g/mol. The van der Waals surface area contributed by atoms with E-state index in [0.717, 1.165) is 26.1 Å². The van der Waals surface area contributed by atoms with Crippen molar-refractivity contribution >= 4 is 0 Å². The van der Waals surface area contributed by atoms with Gasteiger partial charge in [-0.15, -0.1) is 0 Å². The first-order valence-corrected chi connectivity index (χ1v) is 7.55. The molecule has 20 heavy (non-hydrogen) atoms. The molecule has 4 nitrogen and oxygen atoms in total. The molecule has 0 aromatic carbocycles. The number of imidazole rings is 1. The van der Waals surface area contributed by atoms with Gasteiger partial charge in [0.1, 0.15) is 0 Å². The number of nitrogens with zero attached hydrogens (tertiary/aromatic N) is 3. The van der Waals surface area contributed by atoms with Crippen molar-refractivity contribution in [2.24, 2.45) is 5.92 Å². The molecule has 110 valence electrons. The van der Waals surface area contributed by atoms with Crippen LogP contribution in [-0.4, -0.2) is 20.7 Å². The summed E-state index contributed by atoms with van der Waals surface area (Å²) < 4.78 is 4.42. The van der Waals surface area contributed by atoms with E-state index in [1.807, 2.05) is 18.7 Å². The minimum atomic E-state index is 0.454. The first kappa shape index (κ1) is 14.9. The van der Waals surface area contributed by atoms with Gasteiger partial charge in [-0.05, 0) is 30.5 Å². The van der Waals surface area contributed by atoms with Crippen molar-refractivity contribution in [2.75, 3.05) is 6.54 Å². The second-order valence-electron chi connectivity index (χ2n) is 5.62. The Morgan fingerprint density at radius 1 is 1.20 bits per heavy atom. The van der Waals surface area contributed by atoms with Crippen molar-refractivity contribution in [1.29, 1.82) is 0 Å². The molecule has 1 unspecified atom stereocenters. The Hall–Kier alpha value is -1.55. The van der Waals surface area contributed by atoms with E-state index in [1.165, 1.54) is 5.56 Å². The minimum Gasteiger partial charge on any atom is -0.354 e. The van der Waals surface area contributed by atoms with Gasteiger partial charge in [-0.1, -0.05) is 20.8 Å². The van der Waals surface area contributed by atoms with Crippen LogP contribution in [0.3, 0.4) is 0 Å². The van der Waals surface area contributed by atoms with Gasteiger partial charge >= 0.3 is 0 Å². The summed E-state index contributed by atoms with van der Waals surface area (Å²) in [7, 11) is 0. The lowest BCUT2D eigenvalue weighted by Gasteiger charge is -2.20. The zero-order valence-corrected chi connectivity index (χ0v) is 12.8. The van der Waals surface area contributed by atoms with Gasteiger partial charge in [-0.2, -0.15) is 0 Å². The van der Waals surface area contributed by atoms with Crippen molar-refractivity contribution in [2.45, 2.75) is 46.3 Å². The van der Waals surface area contributed by atoms with E-state index in [1.54, 1.807) is 0 Å². The fraction of sp³-hybridized carbons (Fsp3) is 0.562. The van der Waals surface area contributed by atoms with Crippen LogP contribution in [0.2, 0.25) is 0 Å². The Bertz CT molecular complexity index is 484. The van der Waals surface area contributed by atoms with Crippen LogP contribution in [0, 0.1) is 5.92 Å². The third-order valence-corrected chi connectivity index (χ3v) is 3.61. The van der Waals surface area contributed by atoms with Crippen LogP contribution in [-0.2, 0) is 13.1 Å². The van der Waals surface area contributed by atoms with E-state index in [9.17, 15) is 0 Å². The van der Waals surface area contributed by atoms with Gasteiger partial charge in [0.2, 0.25) is 0 Å². The summed E-state index contributed by atoms with van der Waals surface area (Å²) in [5, 5.41) is 3.56. The van der Waals surface area contributed by atoms with Crippen LogP contribution in [0.4, 0.5) is 0 Å². The number of aryl methyl sites for hydroxylation is 2. The van der Waals surface area contributed by atoms with Crippen molar-refractivity contribution in [3.63, 3.8) is 0 Å². The second-order valence-corrected chi connectivity index (χ2v) is 5.62. The van der Waals surface area contributed by atoms with Crippen molar-refractivity contribution < 1.29 is 0 Å². The average Bonchev–Trinajstić information content (AvgIpc) is 3.07. The highest BCUT2D eigenvalue weighted by molar-refractivity contribution is 5.16. The molecule has 0 bridgehead atoms. The lowest BCUT2D eigenvalue weighted by Crippen LogP contribution is -2.25. The molecule has 0 fully saturated rings. The van der Waals surface area contributed by atoms with Gasteiger partial charge in [-0.25, -0.2) is 4.98 Å². The quantitative estimate of drug-likeness (QED) is 0.803. The SMILES string of the molecule is CCNC(c1ccn(CCCn2ccnc2)c1)C(C)C. The van der Waals surface area contributed by atoms with Crippen molar-refractivity contribution in [3.05, 3.63) is 42.7 Å². The highest BCUT2D eigenvalue weighted by Crippen LogP contribution is 2.21. The van der Waals surface area contributed by atoms with Gasteiger partial charge in [0.25, 0.3) is 0 Å². The number of nitrogens with one attached hydrogen (secondary N) is 1. The van der Waals surface area contributed by atoms with Gasteiger partial charge in [0, 0.05) is 43.9 Å². The third-order valence-electron chi connectivity index (χ3n) is 3.61. The summed E-state index contributed by atoms with van der Waals surface area (Å²) in [6.45, 7) is 9.78. The monoisotopic (exact) mass is 274 g/mol. The molecule has 2 aromatic heterocycles. The first-order chi connectivity index (χ1) is 9.70. The van der Waals surface area contributed by atoms with Gasteiger partial charge in [0.05, 0.1) is 6.33 Å². The highest BCUT2D eigenvalue weighted by Gasteiger charge is 2.15. The number of hydrogen-bond donors (Lipinski definition) is 1. The van der Waals surface area contributed by atoms with Crippen molar-refractivity contribution in [3.8, 4) is 0 Å². The summed E-state index contributed by atoms with van der Waals surface area (Å²) >= 11 is 0. The predicted molar refractivity (Wildman–Crippen MR) is 82.5 cm³/mol. The smallest absolute Gasteiger partial charge is 0.0945 e. The molecule has 0 aliphatic heterocycles. The molecular formula is C16H26N4. The lowest BCUT2D eigenvalue weighted by atomic mass is 9.98. The van der Waals surface area contributed by atoms with Crippen LogP contribution >= 0.6 is 0 Å². The van der Waals surface area contributed by atoms with E-state index in [4.69, 9.17) is 0 Å². The molecule has 4 heteroatoms. The van der Waals surface area contributed by atoms with Crippen molar-refractivity contribution in [1.82, 2.24) is 19.4 Å². The zero-order valence-electron chi connectivity index (χ0n) is 12.8. The van der Waals surface area contributed by atoms with Crippen LogP contribution in [0.1, 0.15) is 38.8 Å². The molecule has 0 saturated carbocycles. The lowest BCUT2D eigenvalue weighted by molar-refractivity contribution is 0.421. The van der Waals surface area contributed by atoms with Gasteiger partial charge in [-0.3, -0.25) is 0 Å². The summed E-state index contributed by atoms with van der Waals surface area (Å²) in [4.78, 5) is 4.06.